The van der Waals surface area contributed by atoms with Crippen LogP contribution in [0.2, 0.25) is 0 Å². The van der Waals surface area contributed by atoms with Crippen molar-refractivity contribution in [1.82, 2.24) is 4.57 Å². The van der Waals surface area contributed by atoms with Crippen LogP contribution in [-0.4, -0.2) is 30.0 Å². The number of hydrogen-bond acceptors (Lipinski definition) is 8. The smallest absolute Gasteiger partial charge is 0.338 e. The second kappa shape index (κ2) is 13.3. The minimum absolute atomic E-state index is 0.227. The van der Waals surface area contributed by atoms with Gasteiger partial charge in [-0.05, 0) is 74.1 Å². The number of ether oxygens (including phenoxy) is 3. The summed E-state index contributed by atoms with van der Waals surface area (Å²) in [5, 5.41) is 0. The van der Waals surface area contributed by atoms with Crippen LogP contribution < -0.4 is 24.4 Å². The Bertz CT molecular complexity index is 1790. The van der Waals surface area contributed by atoms with Crippen molar-refractivity contribution < 1.29 is 19.0 Å². The fourth-order valence-electron chi connectivity index (χ4n) is 4.78. The van der Waals surface area contributed by atoms with E-state index in [1.54, 1.807) is 30.2 Å². The van der Waals surface area contributed by atoms with E-state index >= 15 is 0 Å². The summed E-state index contributed by atoms with van der Waals surface area (Å²) in [7, 11) is 0. The first-order valence-corrected chi connectivity index (χ1v) is 15.7. The van der Waals surface area contributed by atoms with Crippen LogP contribution in [0.4, 0.5) is 0 Å². The van der Waals surface area contributed by atoms with E-state index in [0.29, 0.717) is 45.3 Å². The molecule has 9 heteroatoms. The molecule has 3 aromatic carbocycles. The first-order valence-electron chi connectivity index (χ1n) is 13.7. The maximum absolute atomic E-state index is 13.9. The molecule has 0 bridgehead atoms. The Labute approximate surface area is 252 Å². The molecule has 0 spiro atoms. The second-order valence-corrected chi connectivity index (χ2v) is 11.4. The van der Waals surface area contributed by atoms with Gasteiger partial charge < -0.3 is 14.2 Å². The molecular formula is C33H32N2O5S2. The summed E-state index contributed by atoms with van der Waals surface area (Å²) in [6.07, 6.45) is 3.83. The third-order valence-corrected chi connectivity index (χ3v) is 8.48. The number of allylic oxidation sites excluding steroid dienone is 1. The number of nitrogens with zero attached hydrogens (tertiary/aromatic N) is 2. The van der Waals surface area contributed by atoms with Gasteiger partial charge in [-0.25, -0.2) is 9.79 Å². The molecule has 0 saturated heterocycles. The number of carbonyl (C=O) groups excluding carboxylic acids is 1. The zero-order chi connectivity index (χ0) is 29.6. The van der Waals surface area contributed by atoms with Crippen molar-refractivity contribution in [1.29, 1.82) is 0 Å². The van der Waals surface area contributed by atoms with Crippen molar-refractivity contribution in [3.63, 3.8) is 0 Å². The summed E-state index contributed by atoms with van der Waals surface area (Å²) >= 11 is 2.92. The molecule has 0 radical (unpaired) electrons. The molecule has 0 saturated carbocycles. The van der Waals surface area contributed by atoms with E-state index in [9.17, 15) is 9.59 Å². The van der Waals surface area contributed by atoms with Crippen LogP contribution in [0.5, 0.6) is 11.5 Å². The number of esters is 1. The minimum atomic E-state index is -0.647. The molecule has 7 nitrogen and oxygen atoms in total. The zero-order valence-corrected chi connectivity index (χ0v) is 25.6. The predicted octanol–water partition coefficient (Wildman–Crippen LogP) is 5.50. The summed E-state index contributed by atoms with van der Waals surface area (Å²) in [5.74, 6) is 0.754. The molecule has 5 rings (SSSR count). The van der Waals surface area contributed by atoms with Crippen LogP contribution in [0.1, 0.15) is 43.5 Å². The normalized spacial score (nSPS) is 14.8. The SMILES string of the molecule is CCOC(=O)C1=C(C)N=c2s/c(=C\c3ccc(OCc4ccccc4)c(OCC)c3)c(=O)n2[C@H]1c1ccc(SC)cc1. The molecule has 4 aromatic rings. The van der Waals surface area contributed by atoms with Gasteiger partial charge in [0.15, 0.2) is 16.3 Å². The maximum atomic E-state index is 13.9. The molecule has 1 aliphatic heterocycles. The van der Waals surface area contributed by atoms with E-state index in [4.69, 9.17) is 14.2 Å². The van der Waals surface area contributed by atoms with Crippen LogP contribution in [0, 0.1) is 0 Å². The van der Waals surface area contributed by atoms with Crippen LogP contribution in [-0.2, 0) is 16.1 Å². The number of aromatic nitrogens is 1. The first-order chi connectivity index (χ1) is 20.4. The molecule has 1 aromatic heterocycles. The molecule has 216 valence electrons. The summed E-state index contributed by atoms with van der Waals surface area (Å²) in [4.78, 5) is 33.3. The Kier molecular flexibility index (Phi) is 9.29. The number of thioether (sulfide) groups is 1. The van der Waals surface area contributed by atoms with Crippen molar-refractivity contribution >= 4 is 35.1 Å². The van der Waals surface area contributed by atoms with E-state index < -0.39 is 12.0 Å². The van der Waals surface area contributed by atoms with Gasteiger partial charge in [0.05, 0.1) is 35.1 Å². The molecule has 0 N–H and O–H groups in total. The number of fused-ring (bicyclic) bond motifs is 1. The second-order valence-electron chi connectivity index (χ2n) is 9.49. The van der Waals surface area contributed by atoms with E-state index in [0.717, 1.165) is 21.6 Å². The average molecular weight is 601 g/mol. The fourth-order valence-corrected chi connectivity index (χ4v) is 6.24. The zero-order valence-electron chi connectivity index (χ0n) is 24.0. The number of carbonyl (C=O) groups is 1. The highest BCUT2D eigenvalue weighted by molar-refractivity contribution is 7.98. The van der Waals surface area contributed by atoms with Crippen molar-refractivity contribution in [3.8, 4) is 11.5 Å². The van der Waals surface area contributed by atoms with Crippen LogP contribution in [0.25, 0.3) is 6.08 Å². The lowest BCUT2D eigenvalue weighted by Crippen LogP contribution is -2.39. The maximum Gasteiger partial charge on any atom is 0.338 e. The third-order valence-electron chi connectivity index (χ3n) is 6.75. The van der Waals surface area contributed by atoms with Gasteiger partial charge in [0.2, 0.25) is 0 Å². The van der Waals surface area contributed by atoms with Gasteiger partial charge in [-0.3, -0.25) is 9.36 Å². The molecule has 1 aliphatic rings. The molecule has 2 heterocycles. The highest BCUT2D eigenvalue weighted by Gasteiger charge is 2.33. The Morgan fingerprint density at radius 1 is 1.00 bits per heavy atom. The highest BCUT2D eigenvalue weighted by atomic mass is 32.2. The van der Waals surface area contributed by atoms with Gasteiger partial charge in [0.1, 0.15) is 6.61 Å². The van der Waals surface area contributed by atoms with Gasteiger partial charge in [-0.2, -0.15) is 0 Å². The number of thiazole rings is 1. The van der Waals surface area contributed by atoms with Gasteiger partial charge >= 0.3 is 5.97 Å². The monoisotopic (exact) mass is 600 g/mol. The minimum Gasteiger partial charge on any atom is -0.490 e. The standard InChI is InChI=1S/C33H32N2O5S2/c1-5-38-27-18-23(12-17-26(27)40-20-22-10-8-7-9-11-22)19-28-31(36)35-30(24-13-15-25(41-4)16-14-24)29(32(37)39-6-2)21(3)34-33(35)42-28/h7-19,30H,5-6,20H2,1-4H3/b28-19-/t30-/m0/s1. The van der Waals surface area contributed by atoms with Crippen LogP contribution >= 0.6 is 23.1 Å². The van der Waals surface area contributed by atoms with E-state index in [2.05, 4.69) is 4.99 Å². The Balaban J connectivity index is 1.56. The lowest BCUT2D eigenvalue weighted by molar-refractivity contribution is -0.139. The Hall–Kier alpha value is -4.08. The van der Waals surface area contributed by atoms with E-state index in [1.807, 2.05) is 92.1 Å². The Morgan fingerprint density at radius 2 is 1.76 bits per heavy atom. The van der Waals surface area contributed by atoms with Gasteiger partial charge in [-0.1, -0.05) is 59.9 Å². The van der Waals surface area contributed by atoms with Crippen molar-refractivity contribution in [2.75, 3.05) is 19.5 Å². The number of hydrogen-bond donors (Lipinski definition) is 0. The molecule has 0 aliphatic carbocycles. The fraction of sp³-hybridized carbons (Fsp3) is 0.242. The number of benzene rings is 3. The molecule has 42 heavy (non-hydrogen) atoms. The molecule has 0 fully saturated rings. The average Bonchev–Trinajstić information content (AvgIpc) is 3.30. The van der Waals surface area contributed by atoms with Crippen molar-refractivity contribution in [2.45, 2.75) is 38.3 Å². The summed E-state index contributed by atoms with van der Waals surface area (Å²) < 4.78 is 19.4. The number of rotatable bonds is 10. The largest absolute Gasteiger partial charge is 0.490 e. The van der Waals surface area contributed by atoms with Crippen LogP contribution in [0.15, 0.2) is 98.7 Å². The first kappa shape index (κ1) is 29.4. The molecule has 0 amide bonds. The Morgan fingerprint density at radius 3 is 2.45 bits per heavy atom. The van der Waals surface area contributed by atoms with E-state index in [-0.39, 0.29) is 12.2 Å². The lowest BCUT2D eigenvalue weighted by atomic mass is 9.96. The van der Waals surface area contributed by atoms with Crippen LogP contribution in [0.3, 0.4) is 0 Å². The van der Waals surface area contributed by atoms with E-state index in [1.165, 1.54) is 11.3 Å². The third kappa shape index (κ3) is 6.22. The molecule has 0 unspecified atom stereocenters. The highest BCUT2D eigenvalue weighted by Crippen LogP contribution is 2.32. The van der Waals surface area contributed by atoms with Gasteiger partial charge in [0.25, 0.3) is 5.56 Å². The molecule has 1 atom stereocenters. The predicted molar refractivity (Wildman–Crippen MR) is 167 cm³/mol. The van der Waals surface area contributed by atoms with Gasteiger partial charge in [-0.15, -0.1) is 11.8 Å². The summed E-state index contributed by atoms with van der Waals surface area (Å²) in [6, 6.07) is 22.8. The summed E-state index contributed by atoms with van der Waals surface area (Å²) in [5.41, 5.74) is 3.34. The molecular weight excluding hydrogens is 569 g/mol. The topological polar surface area (TPSA) is 79.1 Å². The quantitative estimate of drug-likeness (QED) is 0.177. The summed E-state index contributed by atoms with van der Waals surface area (Å²) in [6.45, 7) is 6.58. The lowest BCUT2D eigenvalue weighted by Gasteiger charge is -2.24. The van der Waals surface area contributed by atoms with Crippen molar-refractivity contribution in [2.24, 2.45) is 4.99 Å². The van der Waals surface area contributed by atoms with Crippen molar-refractivity contribution in [3.05, 3.63) is 120 Å². The van der Waals surface area contributed by atoms with Gasteiger partial charge in [0, 0.05) is 4.90 Å².